The molecule has 15 heavy (non-hydrogen) atoms. The van der Waals surface area contributed by atoms with Crippen LogP contribution in [-0.4, -0.2) is 42.3 Å². The summed E-state index contributed by atoms with van der Waals surface area (Å²) in [5.41, 5.74) is 0. The first-order valence-corrected chi connectivity index (χ1v) is 5.08. The average Bonchev–Trinajstić information content (AvgIpc) is 2.18. The lowest BCUT2D eigenvalue weighted by molar-refractivity contribution is -0.149. The van der Waals surface area contributed by atoms with Gasteiger partial charge in [0.2, 0.25) is 5.91 Å². The van der Waals surface area contributed by atoms with Gasteiger partial charge in [0, 0.05) is 25.9 Å². The van der Waals surface area contributed by atoms with Gasteiger partial charge in [-0.3, -0.25) is 14.4 Å². The zero-order valence-corrected chi connectivity index (χ0v) is 8.82. The fourth-order valence-corrected chi connectivity index (χ4v) is 1.45. The van der Waals surface area contributed by atoms with Crippen molar-refractivity contribution in [1.29, 1.82) is 0 Å². The fraction of sp³-hybridized carbons (Fsp3) is 0.700. The summed E-state index contributed by atoms with van der Waals surface area (Å²) < 4.78 is 4.67. The van der Waals surface area contributed by atoms with Gasteiger partial charge in [0.15, 0.2) is 0 Å². The second-order valence-electron chi connectivity index (χ2n) is 3.40. The van der Waals surface area contributed by atoms with Crippen molar-refractivity contribution in [2.75, 3.05) is 19.7 Å². The van der Waals surface area contributed by atoms with Gasteiger partial charge in [0.25, 0.3) is 0 Å². The van der Waals surface area contributed by atoms with Crippen LogP contribution in [0.15, 0.2) is 0 Å². The quantitative estimate of drug-likeness (QED) is 0.494. The average molecular weight is 213 g/mol. The maximum Gasteiger partial charge on any atom is 0.315 e. The van der Waals surface area contributed by atoms with Gasteiger partial charge in [-0.1, -0.05) is 0 Å². The number of rotatable bonds is 3. The molecule has 5 heteroatoms. The van der Waals surface area contributed by atoms with Crippen molar-refractivity contribution < 1.29 is 19.1 Å². The summed E-state index contributed by atoms with van der Waals surface area (Å²) in [7, 11) is 0. The third-order valence-corrected chi connectivity index (χ3v) is 2.27. The van der Waals surface area contributed by atoms with Crippen molar-refractivity contribution in [2.24, 2.45) is 0 Å². The molecule has 1 aliphatic rings. The van der Waals surface area contributed by atoms with Gasteiger partial charge < -0.3 is 9.64 Å². The Morgan fingerprint density at radius 3 is 2.47 bits per heavy atom. The third-order valence-electron chi connectivity index (χ3n) is 2.27. The Kier molecular flexibility index (Phi) is 4.27. The number of hydrogen-bond acceptors (Lipinski definition) is 4. The summed E-state index contributed by atoms with van der Waals surface area (Å²) in [4.78, 5) is 35.0. The highest BCUT2D eigenvalue weighted by Crippen LogP contribution is 2.07. The lowest BCUT2D eigenvalue weighted by Gasteiger charge is -2.25. The molecular formula is C10H15NO4. The highest BCUT2D eigenvalue weighted by Gasteiger charge is 2.22. The molecule has 0 aromatic heterocycles. The van der Waals surface area contributed by atoms with Crippen molar-refractivity contribution in [3.05, 3.63) is 0 Å². The van der Waals surface area contributed by atoms with E-state index in [9.17, 15) is 14.4 Å². The first-order valence-electron chi connectivity index (χ1n) is 5.08. The molecule has 0 radical (unpaired) electrons. The summed E-state index contributed by atoms with van der Waals surface area (Å²) in [5, 5.41) is 0. The van der Waals surface area contributed by atoms with Crippen molar-refractivity contribution in [1.82, 2.24) is 4.90 Å². The van der Waals surface area contributed by atoms with Gasteiger partial charge in [0.05, 0.1) is 6.61 Å². The second kappa shape index (κ2) is 5.48. The summed E-state index contributed by atoms with van der Waals surface area (Å²) in [6.07, 6.45) is 0.575. The van der Waals surface area contributed by atoms with E-state index >= 15 is 0 Å². The van der Waals surface area contributed by atoms with Crippen LogP contribution in [0.3, 0.4) is 0 Å². The highest BCUT2D eigenvalue weighted by molar-refractivity contribution is 5.95. The number of nitrogens with zero attached hydrogens (tertiary/aromatic N) is 1. The topological polar surface area (TPSA) is 63.7 Å². The first kappa shape index (κ1) is 11.7. The van der Waals surface area contributed by atoms with Gasteiger partial charge in [-0.25, -0.2) is 0 Å². The number of esters is 1. The molecule has 0 aliphatic carbocycles. The van der Waals surface area contributed by atoms with Crippen molar-refractivity contribution in [3.63, 3.8) is 0 Å². The molecule has 0 unspecified atom stereocenters. The number of piperidine rings is 1. The predicted octanol–water partition coefficient (Wildman–Crippen LogP) is 0.131. The number of ketones is 1. The molecule has 0 N–H and O–H groups in total. The van der Waals surface area contributed by atoms with Crippen LogP contribution < -0.4 is 0 Å². The minimum atomic E-state index is -0.501. The lowest BCUT2D eigenvalue weighted by Crippen LogP contribution is -2.39. The minimum Gasteiger partial charge on any atom is -0.466 e. The smallest absolute Gasteiger partial charge is 0.315 e. The van der Waals surface area contributed by atoms with Gasteiger partial charge >= 0.3 is 5.97 Å². The maximum atomic E-state index is 11.5. The fourth-order valence-electron chi connectivity index (χ4n) is 1.45. The summed E-state index contributed by atoms with van der Waals surface area (Å²) in [6, 6.07) is 0. The number of carbonyl (C=O) groups is 3. The summed E-state index contributed by atoms with van der Waals surface area (Å²) in [5.74, 6) is -0.574. The molecule has 0 bridgehead atoms. The molecule has 1 rings (SSSR count). The molecule has 0 aromatic carbocycles. The predicted molar refractivity (Wildman–Crippen MR) is 52.1 cm³/mol. The van der Waals surface area contributed by atoms with E-state index in [0.717, 1.165) is 0 Å². The number of carbonyl (C=O) groups excluding carboxylic acids is 3. The molecule has 1 heterocycles. The highest BCUT2D eigenvalue weighted by atomic mass is 16.5. The zero-order chi connectivity index (χ0) is 11.3. The summed E-state index contributed by atoms with van der Waals surface area (Å²) >= 11 is 0. The third kappa shape index (κ3) is 3.69. The van der Waals surface area contributed by atoms with Gasteiger partial charge in [-0.2, -0.15) is 0 Å². The van der Waals surface area contributed by atoms with Crippen LogP contribution in [0.5, 0.6) is 0 Å². The molecule has 0 saturated carbocycles. The van der Waals surface area contributed by atoms with Gasteiger partial charge in [0.1, 0.15) is 12.2 Å². The maximum absolute atomic E-state index is 11.5. The Morgan fingerprint density at radius 1 is 1.33 bits per heavy atom. The minimum absolute atomic E-state index is 0.176. The largest absolute Gasteiger partial charge is 0.466 e. The number of hydrogen-bond donors (Lipinski definition) is 0. The molecule has 84 valence electrons. The normalized spacial score (nSPS) is 16.3. The second-order valence-corrected chi connectivity index (χ2v) is 3.40. The number of likely N-dealkylation sites (tertiary alicyclic amines) is 1. The molecular weight excluding hydrogens is 198 g/mol. The van der Waals surface area contributed by atoms with E-state index in [4.69, 9.17) is 0 Å². The molecule has 1 aliphatic heterocycles. The van der Waals surface area contributed by atoms with Gasteiger partial charge in [-0.15, -0.1) is 0 Å². The molecule has 0 atom stereocenters. The van der Waals surface area contributed by atoms with Crippen LogP contribution in [0.2, 0.25) is 0 Å². The van der Waals surface area contributed by atoms with Gasteiger partial charge in [-0.05, 0) is 6.92 Å². The SMILES string of the molecule is CCOC(=O)CC(=O)N1CCC(=O)CC1. The van der Waals surface area contributed by atoms with E-state index in [1.165, 1.54) is 0 Å². The van der Waals surface area contributed by atoms with Crippen LogP contribution >= 0.6 is 0 Å². The van der Waals surface area contributed by atoms with E-state index in [1.54, 1.807) is 11.8 Å². The van der Waals surface area contributed by atoms with E-state index < -0.39 is 5.97 Å². The lowest BCUT2D eigenvalue weighted by atomic mass is 10.1. The summed E-state index contributed by atoms with van der Waals surface area (Å²) in [6.45, 7) is 2.83. The van der Waals surface area contributed by atoms with E-state index in [-0.39, 0.29) is 24.7 Å². The Labute approximate surface area is 88.4 Å². The van der Waals surface area contributed by atoms with E-state index in [0.29, 0.717) is 25.9 Å². The van der Waals surface area contributed by atoms with E-state index in [2.05, 4.69) is 4.74 Å². The van der Waals surface area contributed by atoms with Crippen LogP contribution in [-0.2, 0) is 19.1 Å². The van der Waals surface area contributed by atoms with Crippen molar-refractivity contribution in [3.8, 4) is 0 Å². The molecule has 0 spiro atoms. The monoisotopic (exact) mass is 213 g/mol. The Bertz CT molecular complexity index is 265. The Morgan fingerprint density at radius 2 is 1.93 bits per heavy atom. The van der Waals surface area contributed by atoms with Crippen molar-refractivity contribution >= 4 is 17.7 Å². The standard InChI is InChI=1S/C10H15NO4/c1-2-15-10(14)7-9(13)11-5-3-8(12)4-6-11/h2-7H2,1H3. The van der Waals surface area contributed by atoms with Crippen LogP contribution in [0.25, 0.3) is 0 Å². The first-order chi connectivity index (χ1) is 7.13. The van der Waals surface area contributed by atoms with E-state index in [1.807, 2.05) is 0 Å². The van der Waals surface area contributed by atoms with Crippen molar-refractivity contribution in [2.45, 2.75) is 26.2 Å². The Balaban J connectivity index is 2.34. The number of Topliss-reactive ketones (excluding diaryl/α,β-unsaturated/α-hetero) is 1. The van der Waals surface area contributed by atoms with Crippen LogP contribution in [0, 0.1) is 0 Å². The zero-order valence-electron chi connectivity index (χ0n) is 8.82. The molecule has 0 aromatic rings. The molecule has 1 saturated heterocycles. The molecule has 1 amide bonds. The molecule has 5 nitrogen and oxygen atoms in total. The Hall–Kier alpha value is -1.39. The van der Waals surface area contributed by atoms with Crippen LogP contribution in [0.4, 0.5) is 0 Å². The number of ether oxygens (including phenoxy) is 1. The molecule has 1 fully saturated rings. The number of amides is 1. The van der Waals surface area contributed by atoms with Crippen LogP contribution in [0.1, 0.15) is 26.2 Å².